The van der Waals surface area contributed by atoms with Gasteiger partial charge in [-0.15, -0.1) is 0 Å². The second-order valence-electron chi connectivity index (χ2n) is 5.29. The molecule has 3 nitrogen and oxygen atoms in total. The highest BCUT2D eigenvalue weighted by atomic mass is 16.2. The Balaban J connectivity index is 2.96. The molecule has 0 bridgehead atoms. The summed E-state index contributed by atoms with van der Waals surface area (Å²) in [4.78, 5) is 12.1. The number of rotatable bonds is 3. The van der Waals surface area contributed by atoms with Gasteiger partial charge in [0.2, 0.25) is 5.91 Å². The molecule has 0 unspecified atom stereocenters. The van der Waals surface area contributed by atoms with Crippen molar-refractivity contribution in [3.63, 3.8) is 0 Å². The van der Waals surface area contributed by atoms with Crippen molar-refractivity contribution in [1.29, 1.82) is 0 Å². The quantitative estimate of drug-likeness (QED) is 0.819. The van der Waals surface area contributed by atoms with Gasteiger partial charge in [-0.05, 0) is 37.1 Å². The molecule has 3 heteroatoms. The van der Waals surface area contributed by atoms with Gasteiger partial charge in [-0.2, -0.15) is 0 Å². The second-order valence-corrected chi connectivity index (χ2v) is 5.29. The standard InChI is InChI=1S/C16H22N2O/c1-5-16(3,4)15(19)18-14-10-12(2)9-13(11-14)7-6-8-17/h9-11H,5,8,17H2,1-4H3,(H,18,19). The van der Waals surface area contributed by atoms with Crippen LogP contribution in [0.1, 0.15) is 38.3 Å². The van der Waals surface area contributed by atoms with Crippen molar-refractivity contribution in [2.24, 2.45) is 11.1 Å². The molecule has 0 saturated heterocycles. The highest BCUT2D eigenvalue weighted by Crippen LogP contribution is 2.23. The normalized spacial score (nSPS) is 10.6. The lowest BCUT2D eigenvalue weighted by Gasteiger charge is -2.21. The monoisotopic (exact) mass is 258 g/mol. The maximum Gasteiger partial charge on any atom is 0.230 e. The largest absolute Gasteiger partial charge is 0.326 e. The highest BCUT2D eigenvalue weighted by Gasteiger charge is 2.25. The van der Waals surface area contributed by atoms with Crippen molar-refractivity contribution in [2.75, 3.05) is 11.9 Å². The van der Waals surface area contributed by atoms with E-state index >= 15 is 0 Å². The fourth-order valence-electron chi connectivity index (χ4n) is 1.54. The highest BCUT2D eigenvalue weighted by molar-refractivity contribution is 5.95. The number of nitrogens with one attached hydrogen (secondary N) is 1. The molecule has 0 aliphatic carbocycles. The molecule has 0 aliphatic rings. The van der Waals surface area contributed by atoms with Crippen molar-refractivity contribution in [3.05, 3.63) is 29.3 Å². The van der Waals surface area contributed by atoms with Gasteiger partial charge in [0.15, 0.2) is 0 Å². The Kier molecular flexibility index (Phi) is 5.14. The molecule has 0 aliphatic heterocycles. The van der Waals surface area contributed by atoms with Crippen LogP contribution in [0.25, 0.3) is 0 Å². The van der Waals surface area contributed by atoms with Crippen molar-refractivity contribution in [2.45, 2.75) is 34.1 Å². The van der Waals surface area contributed by atoms with E-state index in [1.165, 1.54) is 0 Å². The molecule has 102 valence electrons. The maximum absolute atomic E-state index is 12.1. The summed E-state index contributed by atoms with van der Waals surface area (Å²) in [6.07, 6.45) is 0.796. The van der Waals surface area contributed by atoms with E-state index in [1.54, 1.807) is 0 Å². The average Bonchev–Trinajstić information content (AvgIpc) is 2.35. The van der Waals surface area contributed by atoms with Crippen molar-refractivity contribution < 1.29 is 4.79 Å². The molecule has 0 heterocycles. The van der Waals surface area contributed by atoms with Gasteiger partial charge >= 0.3 is 0 Å². The van der Waals surface area contributed by atoms with Crippen LogP contribution in [-0.4, -0.2) is 12.5 Å². The Morgan fingerprint density at radius 1 is 1.37 bits per heavy atom. The van der Waals surface area contributed by atoms with Crippen LogP contribution in [0.15, 0.2) is 18.2 Å². The number of carbonyl (C=O) groups excluding carboxylic acids is 1. The van der Waals surface area contributed by atoms with Gasteiger partial charge < -0.3 is 11.1 Å². The van der Waals surface area contributed by atoms with Gasteiger partial charge in [0, 0.05) is 16.7 Å². The molecule has 0 aromatic heterocycles. The van der Waals surface area contributed by atoms with E-state index in [0.29, 0.717) is 6.54 Å². The van der Waals surface area contributed by atoms with Crippen LogP contribution in [0, 0.1) is 24.2 Å². The zero-order valence-corrected chi connectivity index (χ0v) is 12.1. The third-order valence-electron chi connectivity index (χ3n) is 3.17. The molecule has 1 rings (SSSR count). The fraction of sp³-hybridized carbons (Fsp3) is 0.438. The van der Waals surface area contributed by atoms with E-state index in [1.807, 2.05) is 45.9 Å². The number of nitrogens with two attached hydrogens (primary N) is 1. The molecule has 19 heavy (non-hydrogen) atoms. The molecule has 1 amide bonds. The number of hydrogen-bond acceptors (Lipinski definition) is 2. The summed E-state index contributed by atoms with van der Waals surface area (Å²) in [5.41, 5.74) is 7.72. The van der Waals surface area contributed by atoms with Gasteiger partial charge in [0.25, 0.3) is 0 Å². The summed E-state index contributed by atoms with van der Waals surface area (Å²) >= 11 is 0. The van der Waals surface area contributed by atoms with Gasteiger partial charge in [-0.25, -0.2) is 0 Å². The van der Waals surface area contributed by atoms with Crippen LogP contribution < -0.4 is 11.1 Å². The second kappa shape index (κ2) is 6.40. The van der Waals surface area contributed by atoms with E-state index in [0.717, 1.165) is 23.2 Å². The molecule has 1 aromatic rings. The molecular weight excluding hydrogens is 236 g/mol. The summed E-state index contributed by atoms with van der Waals surface area (Å²) < 4.78 is 0. The fourth-order valence-corrected chi connectivity index (χ4v) is 1.54. The van der Waals surface area contributed by atoms with Crippen LogP contribution in [0.5, 0.6) is 0 Å². The average molecular weight is 258 g/mol. The molecule has 0 fully saturated rings. The molecule has 0 saturated carbocycles. The summed E-state index contributed by atoms with van der Waals surface area (Å²) in [5.74, 6) is 5.83. The third kappa shape index (κ3) is 4.42. The van der Waals surface area contributed by atoms with Crippen LogP contribution >= 0.6 is 0 Å². The smallest absolute Gasteiger partial charge is 0.230 e. The molecule has 0 spiro atoms. The number of amides is 1. The Morgan fingerprint density at radius 2 is 2.05 bits per heavy atom. The van der Waals surface area contributed by atoms with Gasteiger partial charge in [-0.3, -0.25) is 4.79 Å². The molecule has 1 aromatic carbocycles. The Hall–Kier alpha value is -1.79. The van der Waals surface area contributed by atoms with Gasteiger partial charge in [0.05, 0.1) is 6.54 Å². The van der Waals surface area contributed by atoms with Crippen molar-refractivity contribution in [1.82, 2.24) is 0 Å². The Morgan fingerprint density at radius 3 is 2.63 bits per heavy atom. The predicted molar refractivity (Wildman–Crippen MR) is 79.8 cm³/mol. The van der Waals surface area contributed by atoms with Gasteiger partial charge in [0.1, 0.15) is 0 Å². The van der Waals surface area contributed by atoms with E-state index in [2.05, 4.69) is 17.2 Å². The molecule has 0 atom stereocenters. The number of aryl methyl sites for hydroxylation is 1. The van der Waals surface area contributed by atoms with E-state index in [-0.39, 0.29) is 11.3 Å². The van der Waals surface area contributed by atoms with E-state index in [9.17, 15) is 4.79 Å². The van der Waals surface area contributed by atoms with Crippen LogP contribution in [0.3, 0.4) is 0 Å². The minimum absolute atomic E-state index is 0.0262. The lowest BCUT2D eigenvalue weighted by molar-refractivity contribution is -0.124. The predicted octanol–water partition coefficient (Wildman–Crippen LogP) is 2.68. The number of benzene rings is 1. The summed E-state index contributed by atoms with van der Waals surface area (Å²) in [6.45, 7) is 8.20. The SMILES string of the molecule is CCC(C)(C)C(=O)Nc1cc(C)cc(C#CCN)c1. The zero-order valence-electron chi connectivity index (χ0n) is 12.1. The van der Waals surface area contributed by atoms with Crippen LogP contribution in [-0.2, 0) is 4.79 Å². The summed E-state index contributed by atoms with van der Waals surface area (Å²) in [6, 6.07) is 5.79. The minimum atomic E-state index is -0.368. The molecule has 0 radical (unpaired) electrons. The number of carbonyl (C=O) groups is 1. The van der Waals surface area contributed by atoms with Crippen molar-refractivity contribution >= 4 is 11.6 Å². The number of anilines is 1. The Labute approximate surface area is 115 Å². The third-order valence-corrected chi connectivity index (χ3v) is 3.17. The van der Waals surface area contributed by atoms with Crippen LogP contribution in [0.4, 0.5) is 5.69 Å². The maximum atomic E-state index is 12.1. The summed E-state index contributed by atoms with van der Waals surface area (Å²) in [7, 11) is 0. The first-order valence-electron chi connectivity index (χ1n) is 6.51. The Bertz CT molecular complexity index is 521. The van der Waals surface area contributed by atoms with E-state index < -0.39 is 0 Å². The topological polar surface area (TPSA) is 55.1 Å². The first kappa shape index (κ1) is 15.3. The van der Waals surface area contributed by atoms with E-state index in [4.69, 9.17) is 5.73 Å². The van der Waals surface area contributed by atoms with Gasteiger partial charge in [-0.1, -0.05) is 32.6 Å². The van der Waals surface area contributed by atoms with Crippen LogP contribution in [0.2, 0.25) is 0 Å². The lowest BCUT2D eigenvalue weighted by atomic mass is 9.89. The molecule has 3 N–H and O–H groups in total. The zero-order chi connectivity index (χ0) is 14.5. The first-order valence-corrected chi connectivity index (χ1v) is 6.51. The lowest BCUT2D eigenvalue weighted by Crippen LogP contribution is -2.30. The van der Waals surface area contributed by atoms with Crippen molar-refractivity contribution in [3.8, 4) is 11.8 Å². The summed E-state index contributed by atoms with van der Waals surface area (Å²) in [5, 5.41) is 2.95. The number of hydrogen-bond donors (Lipinski definition) is 2. The first-order chi connectivity index (χ1) is 8.89. The minimum Gasteiger partial charge on any atom is -0.326 e. The molecular formula is C16H22N2O.